The molecule has 6 nitrogen and oxygen atoms in total. The minimum Gasteiger partial charge on any atom is -0.493 e. The van der Waals surface area contributed by atoms with Crippen molar-refractivity contribution in [2.75, 3.05) is 20.0 Å². The highest BCUT2D eigenvalue weighted by Gasteiger charge is 2.11. The number of carbonyl (C=O) groups is 1. The Morgan fingerprint density at radius 2 is 2.00 bits per heavy atom. The largest absolute Gasteiger partial charge is 0.493 e. The fourth-order valence-corrected chi connectivity index (χ4v) is 2.60. The minimum atomic E-state index is -3.45. The average molecular weight is 330 g/mol. The van der Waals surface area contributed by atoms with Crippen molar-refractivity contribution in [3.63, 3.8) is 0 Å². The van der Waals surface area contributed by atoms with Gasteiger partial charge in [0.1, 0.15) is 5.75 Å². The van der Waals surface area contributed by atoms with Gasteiger partial charge in [-0.1, -0.05) is 12.1 Å². The molecule has 0 N–H and O–H groups in total. The van der Waals surface area contributed by atoms with E-state index in [0.29, 0.717) is 18.8 Å². The van der Waals surface area contributed by atoms with Gasteiger partial charge in [-0.15, -0.1) is 0 Å². The summed E-state index contributed by atoms with van der Waals surface area (Å²) < 4.78 is 37.0. The molecule has 124 valence electrons. The number of carbonyl (C=O) groups excluding carboxylic acids is 1. The molecule has 0 heterocycles. The van der Waals surface area contributed by atoms with Crippen LogP contribution in [0.25, 0.3) is 0 Å². The summed E-state index contributed by atoms with van der Waals surface area (Å²) in [4.78, 5) is 11.2. The molecule has 7 heteroatoms. The first-order valence-electron chi connectivity index (χ1n) is 6.88. The fraction of sp³-hybridized carbons (Fsp3) is 0.533. The molecular weight excluding hydrogens is 308 g/mol. The summed E-state index contributed by atoms with van der Waals surface area (Å²) in [6.07, 6.45) is 1.26. The van der Waals surface area contributed by atoms with Gasteiger partial charge in [0.2, 0.25) is 0 Å². The van der Waals surface area contributed by atoms with Gasteiger partial charge in [-0.05, 0) is 31.0 Å². The highest BCUT2D eigenvalue weighted by molar-refractivity contribution is 7.86. The third kappa shape index (κ3) is 6.91. The van der Waals surface area contributed by atoms with Crippen molar-refractivity contribution in [1.82, 2.24) is 0 Å². The molecule has 0 aromatic heterocycles. The third-order valence-corrected chi connectivity index (χ3v) is 3.61. The molecule has 22 heavy (non-hydrogen) atoms. The molecule has 1 aromatic carbocycles. The zero-order valence-electron chi connectivity index (χ0n) is 13.3. The summed E-state index contributed by atoms with van der Waals surface area (Å²) in [7, 11) is -2.09. The molecule has 1 unspecified atom stereocenters. The van der Waals surface area contributed by atoms with Crippen LogP contribution < -0.4 is 4.74 Å². The van der Waals surface area contributed by atoms with Crippen LogP contribution in [0.4, 0.5) is 0 Å². The Balaban J connectivity index is 2.51. The van der Waals surface area contributed by atoms with Crippen molar-refractivity contribution in [3.05, 3.63) is 29.3 Å². The van der Waals surface area contributed by atoms with E-state index in [-0.39, 0.29) is 12.4 Å². The zero-order chi connectivity index (χ0) is 16.8. The first-order valence-corrected chi connectivity index (χ1v) is 8.70. The lowest BCUT2D eigenvalue weighted by atomic mass is 10.1. The molecule has 1 aromatic rings. The monoisotopic (exact) mass is 330 g/mol. The molecule has 0 saturated carbocycles. The summed E-state index contributed by atoms with van der Waals surface area (Å²) in [6.45, 7) is 3.90. The van der Waals surface area contributed by atoms with E-state index in [9.17, 15) is 13.2 Å². The Morgan fingerprint density at radius 1 is 1.32 bits per heavy atom. The summed E-state index contributed by atoms with van der Waals surface area (Å²) in [5.74, 6) is 0.403. The molecule has 1 rings (SSSR count). The number of benzene rings is 1. The highest BCUT2D eigenvalue weighted by Crippen LogP contribution is 2.20. The van der Waals surface area contributed by atoms with Crippen LogP contribution >= 0.6 is 0 Å². The van der Waals surface area contributed by atoms with Gasteiger partial charge in [-0.3, -0.25) is 8.98 Å². The topological polar surface area (TPSA) is 78.9 Å². The summed E-state index contributed by atoms with van der Waals surface area (Å²) in [6, 6.07) is 5.45. The number of hydrogen-bond acceptors (Lipinski definition) is 6. The molecule has 1 atom stereocenters. The van der Waals surface area contributed by atoms with E-state index >= 15 is 0 Å². The van der Waals surface area contributed by atoms with Crippen molar-refractivity contribution < 1.29 is 26.9 Å². The molecule has 0 aliphatic carbocycles. The maximum Gasteiger partial charge on any atom is 0.309 e. The lowest BCUT2D eigenvalue weighted by Crippen LogP contribution is -2.17. The number of ether oxygens (including phenoxy) is 2. The first-order chi connectivity index (χ1) is 10.2. The van der Waals surface area contributed by atoms with Crippen LogP contribution in [-0.4, -0.2) is 40.5 Å². The van der Waals surface area contributed by atoms with E-state index in [1.54, 1.807) is 19.1 Å². The van der Waals surface area contributed by atoms with E-state index in [1.165, 1.54) is 7.11 Å². The fourth-order valence-electron chi connectivity index (χ4n) is 1.90. The molecule has 0 aliphatic heterocycles. The summed E-state index contributed by atoms with van der Waals surface area (Å²) in [5.41, 5.74) is 1.75. The van der Waals surface area contributed by atoms with Gasteiger partial charge in [-0.2, -0.15) is 8.42 Å². The van der Waals surface area contributed by atoms with Crippen LogP contribution in [0.2, 0.25) is 0 Å². The third-order valence-electron chi connectivity index (χ3n) is 2.94. The first kappa shape index (κ1) is 18.4. The SMILES string of the molecule is COC(=O)Cc1ccc(OCCC(C)OS(C)(=O)=O)c(C)c1. The Hall–Kier alpha value is -1.60. The predicted octanol–water partition coefficient (Wildman–Crippen LogP) is 1.84. The smallest absolute Gasteiger partial charge is 0.309 e. The Bertz CT molecular complexity index is 608. The van der Waals surface area contributed by atoms with Crippen molar-refractivity contribution in [2.45, 2.75) is 32.8 Å². The second kappa shape index (κ2) is 8.14. The van der Waals surface area contributed by atoms with Crippen LogP contribution in [0.1, 0.15) is 24.5 Å². The molecule has 0 radical (unpaired) electrons. The molecule has 0 bridgehead atoms. The van der Waals surface area contributed by atoms with Gasteiger partial charge in [0.05, 0.1) is 32.5 Å². The van der Waals surface area contributed by atoms with Gasteiger partial charge in [0.25, 0.3) is 10.1 Å². The summed E-state index contributed by atoms with van der Waals surface area (Å²) >= 11 is 0. The van der Waals surface area contributed by atoms with Gasteiger partial charge >= 0.3 is 5.97 Å². The molecule has 0 amide bonds. The van der Waals surface area contributed by atoms with Crippen LogP contribution in [0.5, 0.6) is 5.75 Å². The number of rotatable bonds is 8. The number of aryl methyl sites for hydroxylation is 1. The second-order valence-corrected chi connectivity index (χ2v) is 6.70. The zero-order valence-corrected chi connectivity index (χ0v) is 14.1. The standard InChI is InChI=1S/C15H22O6S/c1-11-9-13(10-15(16)19-3)5-6-14(11)20-8-7-12(2)21-22(4,17)18/h5-6,9,12H,7-8,10H2,1-4H3. The van der Waals surface area contributed by atoms with Crippen molar-refractivity contribution >= 4 is 16.1 Å². The van der Waals surface area contributed by atoms with E-state index < -0.39 is 16.2 Å². The maximum atomic E-state index is 11.2. The normalized spacial score (nSPS) is 12.7. The van der Waals surface area contributed by atoms with Gasteiger partial charge < -0.3 is 9.47 Å². The molecule has 0 aliphatic rings. The highest BCUT2D eigenvalue weighted by atomic mass is 32.2. The molecule has 0 saturated heterocycles. The number of hydrogen-bond donors (Lipinski definition) is 0. The predicted molar refractivity (Wildman–Crippen MR) is 82.4 cm³/mol. The van der Waals surface area contributed by atoms with Gasteiger partial charge in [-0.25, -0.2) is 0 Å². The minimum absolute atomic E-state index is 0.219. The van der Waals surface area contributed by atoms with Crippen LogP contribution in [0.15, 0.2) is 18.2 Å². The van der Waals surface area contributed by atoms with E-state index in [0.717, 1.165) is 17.4 Å². The maximum absolute atomic E-state index is 11.2. The van der Waals surface area contributed by atoms with Gasteiger partial charge in [0, 0.05) is 6.42 Å². The quantitative estimate of drug-likeness (QED) is 0.534. The average Bonchev–Trinajstić information content (AvgIpc) is 2.39. The Kier molecular flexibility index (Phi) is 6.83. The van der Waals surface area contributed by atoms with Crippen molar-refractivity contribution in [1.29, 1.82) is 0 Å². The van der Waals surface area contributed by atoms with Crippen LogP contribution in [0, 0.1) is 6.92 Å². The van der Waals surface area contributed by atoms with E-state index in [4.69, 9.17) is 8.92 Å². The lowest BCUT2D eigenvalue weighted by Gasteiger charge is -2.13. The molecule has 0 fully saturated rings. The number of esters is 1. The van der Waals surface area contributed by atoms with Crippen molar-refractivity contribution in [2.24, 2.45) is 0 Å². The van der Waals surface area contributed by atoms with Crippen LogP contribution in [0.3, 0.4) is 0 Å². The van der Waals surface area contributed by atoms with Crippen molar-refractivity contribution in [3.8, 4) is 5.75 Å². The lowest BCUT2D eigenvalue weighted by molar-refractivity contribution is -0.139. The number of methoxy groups -OCH3 is 1. The summed E-state index contributed by atoms with van der Waals surface area (Å²) in [5, 5.41) is 0. The van der Waals surface area contributed by atoms with E-state index in [1.807, 2.05) is 13.0 Å². The molecule has 0 spiro atoms. The Labute approximate surface area is 131 Å². The van der Waals surface area contributed by atoms with Gasteiger partial charge in [0.15, 0.2) is 0 Å². The second-order valence-electron chi connectivity index (χ2n) is 5.10. The van der Waals surface area contributed by atoms with E-state index in [2.05, 4.69) is 4.74 Å². The Morgan fingerprint density at radius 3 is 2.55 bits per heavy atom. The van der Waals surface area contributed by atoms with Crippen LogP contribution in [-0.2, 0) is 30.3 Å². The molecular formula is C15H22O6S.